The molecule has 2 aromatic rings. The SMILES string of the molecule is CCCC(C)NC(=O)C1N([C@@H](CO)Cc2ccccc2)C(=O)[C@@H]2[C@H](C(=O)NCc3ccccc3)[C@]3(C)CCC12O3. The monoisotopic (exact) mass is 547 g/mol. The zero-order valence-corrected chi connectivity index (χ0v) is 23.6. The summed E-state index contributed by atoms with van der Waals surface area (Å²) in [5.41, 5.74) is -0.0587. The summed E-state index contributed by atoms with van der Waals surface area (Å²) in [7, 11) is 0. The van der Waals surface area contributed by atoms with Crippen LogP contribution in [-0.4, -0.2) is 63.7 Å². The van der Waals surface area contributed by atoms with Crippen molar-refractivity contribution in [1.29, 1.82) is 0 Å². The van der Waals surface area contributed by atoms with Crippen LogP contribution >= 0.6 is 0 Å². The maximum Gasteiger partial charge on any atom is 0.246 e. The zero-order valence-electron chi connectivity index (χ0n) is 23.6. The molecule has 2 bridgehead atoms. The van der Waals surface area contributed by atoms with Crippen molar-refractivity contribution in [2.45, 2.75) is 88.7 Å². The number of rotatable bonds is 11. The molecule has 0 aliphatic carbocycles. The summed E-state index contributed by atoms with van der Waals surface area (Å²) in [5, 5.41) is 16.7. The van der Waals surface area contributed by atoms with Crippen LogP contribution in [0.2, 0.25) is 0 Å². The minimum atomic E-state index is -1.12. The first-order chi connectivity index (χ1) is 19.2. The van der Waals surface area contributed by atoms with E-state index in [1.165, 1.54) is 0 Å². The molecule has 3 aliphatic rings. The van der Waals surface area contributed by atoms with Crippen molar-refractivity contribution < 1.29 is 24.2 Å². The first-order valence-electron chi connectivity index (χ1n) is 14.5. The fourth-order valence-electron chi connectivity index (χ4n) is 7.32. The van der Waals surface area contributed by atoms with Crippen LogP contribution < -0.4 is 10.6 Å². The molecule has 0 radical (unpaired) electrons. The summed E-state index contributed by atoms with van der Waals surface area (Å²) >= 11 is 0. The minimum Gasteiger partial charge on any atom is -0.394 e. The number of benzene rings is 2. The highest BCUT2D eigenvalue weighted by atomic mass is 16.5. The Labute approximate surface area is 236 Å². The van der Waals surface area contributed by atoms with Gasteiger partial charge in [0.2, 0.25) is 17.7 Å². The van der Waals surface area contributed by atoms with E-state index in [9.17, 15) is 19.5 Å². The largest absolute Gasteiger partial charge is 0.394 e. The second kappa shape index (κ2) is 11.3. The normalized spacial score (nSPS) is 30.1. The lowest BCUT2D eigenvalue weighted by molar-refractivity contribution is -0.150. The molecule has 7 atom stereocenters. The smallest absolute Gasteiger partial charge is 0.246 e. The highest BCUT2D eigenvalue weighted by molar-refractivity contribution is 5.99. The average Bonchev–Trinajstić information content (AvgIpc) is 3.52. The van der Waals surface area contributed by atoms with Crippen LogP contribution in [0, 0.1) is 11.8 Å². The summed E-state index contributed by atoms with van der Waals surface area (Å²) in [6, 6.07) is 17.6. The van der Waals surface area contributed by atoms with Crippen LogP contribution in [0.15, 0.2) is 60.7 Å². The van der Waals surface area contributed by atoms with E-state index in [0.717, 1.165) is 24.0 Å². The van der Waals surface area contributed by atoms with Crippen molar-refractivity contribution in [3.63, 3.8) is 0 Å². The third-order valence-corrected chi connectivity index (χ3v) is 9.08. The second-order valence-corrected chi connectivity index (χ2v) is 11.9. The number of nitrogens with one attached hydrogen (secondary N) is 2. The Bertz CT molecular complexity index is 1220. The van der Waals surface area contributed by atoms with Gasteiger partial charge < -0.3 is 25.4 Å². The van der Waals surface area contributed by atoms with Gasteiger partial charge in [0.25, 0.3) is 0 Å². The summed E-state index contributed by atoms with van der Waals surface area (Å²) < 4.78 is 6.71. The van der Waals surface area contributed by atoms with Crippen LogP contribution in [0.4, 0.5) is 0 Å². The molecule has 3 amide bonds. The molecule has 3 aliphatic heterocycles. The summed E-state index contributed by atoms with van der Waals surface area (Å²) in [6.45, 7) is 5.95. The number of aliphatic hydroxyl groups excluding tert-OH is 1. The lowest BCUT2D eigenvalue weighted by Crippen LogP contribution is -2.59. The van der Waals surface area contributed by atoms with Gasteiger partial charge in [0.05, 0.1) is 30.1 Å². The molecule has 5 rings (SSSR count). The van der Waals surface area contributed by atoms with Gasteiger partial charge in [-0.3, -0.25) is 14.4 Å². The van der Waals surface area contributed by atoms with Gasteiger partial charge >= 0.3 is 0 Å². The Morgan fingerprint density at radius 2 is 1.70 bits per heavy atom. The van der Waals surface area contributed by atoms with Crippen molar-refractivity contribution in [3.05, 3.63) is 71.8 Å². The van der Waals surface area contributed by atoms with Crippen molar-refractivity contribution in [2.24, 2.45) is 11.8 Å². The van der Waals surface area contributed by atoms with Crippen LogP contribution in [0.1, 0.15) is 57.6 Å². The average molecular weight is 548 g/mol. The summed E-state index contributed by atoms with van der Waals surface area (Å²) in [4.78, 5) is 43.7. The first kappa shape index (κ1) is 28.3. The zero-order chi connectivity index (χ0) is 28.5. The molecule has 2 aromatic carbocycles. The number of carbonyl (C=O) groups excluding carboxylic acids is 3. The topological polar surface area (TPSA) is 108 Å². The van der Waals surface area contributed by atoms with Crippen LogP contribution in [0.25, 0.3) is 0 Å². The summed E-state index contributed by atoms with van der Waals surface area (Å²) in [6.07, 6.45) is 3.18. The van der Waals surface area contributed by atoms with E-state index in [2.05, 4.69) is 17.6 Å². The molecule has 8 heteroatoms. The quantitative estimate of drug-likeness (QED) is 0.401. The van der Waals surface area contributed by atoms with Crippen LogP contribution in [-0.2, 0) is 32.1 Å². The maximum absolute atomic E-state index is 14.4. The van der Waals surface area contributed by atoms with Crippen LogP contribution in [0.3, 0.4) is 0 Å². The van der Waals surface area contributed by atoms with Gasteiger partial charge in [-0.25, -0.2) is 0 Å². The van der Waals surface area contributed by atoms with Crippen molar-refractivity contribution >= 4 is 17.7 Å². The van der Waals surface area contributed by atoms with E-state index in [4.69, 9.17) is 4.74 Å². The maximum atomic E-state index is 14.4. The molecule has 0 saturated carbocycles. The van der Waals surface area contributed by atoms with Gasteiger partial charge in [-0.1, -0.05) is 74.0 Å². The molecule has 3 saturated heterocycles. The third kappa shape index (κ3) is 4.92. The lowest BCUT2D eigenvalue weighted by Gasteiger charge is -2.37. The van der Waals surface area contributed by atoms with Gasteiger partial charge in [0, 0.05) is 12.6 Å². The standard InChI is InChI=1S/C32H41N3O5/c1-4-11-21(2)34-29(38)27-32-17-16-31(3,40-32)25(28(37)33-19-23-14-9-6-10-15-23)26(32)30(39)35(27)24(20-36)18-22-12-7-5-8-13-22/h5-10,12-15,21,24-27,36H,4,11,16-20H2,1-3H3,(H,33,37)(H,34,38)/t21?,24-,25-,26+,27?,31+,32?/m1/s1. The molecule has 40 heavy (non-hydrogen) atoms. The highest BCUT2D eigenvalue weighted by Crippen LogP contribution is 2.63. The van der Waals surface area contributed by atoms with Gasteiger partial charge in [-0.05, 0) is 50.7 Å². The molecule has 0 aromatic heterocycles. The Morgan fingerprint density at radius 1 is 1.05 bits per heavy atom. The Balaban J connectivity index is 1.49. The number of fused-ring (bicyclic) bond motifs is 1. The Hall–Kier alpha value is -3.23. The molecule has 3 fully saturated rings. The fourth-order valence-corrected chi connectivity index (χ4v) is 7.32. The van der Waals surface area contributed by atoms with Gasteiger partial charge in [-0.2, -0.15) is 0 Å². The molecule has 214 valence electrons. The number of hydrogen-bond donors (Lipinski definition) is 3. The number of carbonyl (C=O) groups is 3. The molecule has 1 spiro atoms. The van der Waals surface area contributed by atoms with E-state index in [1.807, 2.05) is 74.5 Å². The molecule has 3 unspecified atom stereocenters. The predicted octanol–water partition coefficient (Wildman–Crippen LogP) is 2.98. The number of likely N-dealkylation sites (tertiary alicyclic amines) is 1. The first-order valence-corrected chi connectivity index (χ1v) is 14.5. The van der Waals surface area contributed by atoms with E-state index in [-0.39, 0.29) is 30.4 Å². The number of ether oxygens (including phenoxy) is 1. The molecule has 3 N–H and O–H groups in total. The Morgan fingerprint density at radius 3 is 2.33 bits per heavy atom. The third-order valence-electron chi connectivity index (χ3n) is 9.08. The van der Waals surface area contributed by atoms with E-state index >= 15 is 0 Å². The van der Waals surface area contributed by atoms with Gasteiger partial charge in [-0.15, -0.1) is 0 Å². The van der Waals surface area contributed by atoms with Crippen molar-refractivity contribution in [2.75, 3.05) is 6.61 Å². The van der Waals surface area contributed by atoms with Gasteiger partial charge in [0.15, 0.2) is 0 Å². The molecular formula is C32H41N3O5. The van der Waals surface area contributed by atoms with Gasteiger partial charge in [0.1, 0.15) is 11.6 Å². The van der Waals surface area contributed by atoms with Crippen LogP contribution in [0.5, 0.6) is 0 Å². The fraction of sp³-hybridized carbons (Fsp3) is 0.531. The minimum absolute atomic E-state index is 0.0780. The second-order valence-electron chi connectivity index (χ2n) is 11.9. The predicted molar refractivity (Wildman–Crippen MR) is 151 cm³/mol. The molecule has 3 heterocycles. The summed E-state index contributed by atoms with van der Waals surface area (Å²) in [5.74, 6) is -2.35. The number of amides is 3. The van der Waals surface area contributed by atoms with Crippen molar-refractivity contribution in [1.82, 2.24) is 15.5 Å². The lowest BCUT2D eigenvalue weighted by atomic mass is 9.66. The number of aliphatic hydroxyl groups is 1. The molecular weight excluding hydrogens is 506 g/mol. The Kier molecular flexibility index (Phi) is 8.02. The number of nitrogens with zero attached hydrogens (tertiary/aromatic N) is 1. The highest BCUT2D eigenvalue weighted by Gasteiger charge is 2.78. The van der Waals surface area contributed by atoms with E-state index in [1.54, 1.807) is 4.90 Å². The van der Waals surface area contributed by atoms with Crippen molar-refractivity contribution in [3.8, 4) is 0 Å². The number of hydrogen-bond acceptors (Lipinski definition) is 5. The van der Waals surface area contributed by atoms with E-state index in [0.29, 0.717) is 25.8 Å². The molecule has 8 nitrogen and oxygen atoms in total. The van der Waals surface area contributed by atoms with E-state index < -0.39 is 35.1 Å².